The van der Waals surface area contributed by atoms with Gasteiger partial charge in [0.1, 0.15) is 0 Å². The summed E-state index contributed by atoms with van der Waals surface area (Å²) in [5.41, 5.74) is 1.04. The molecule has 2 aromatic carbocycles. The van der Waals surface area contributed by atoms with Crippen LogP contribution >= 0.6 is 0 Å². The van der Waals surface area contributed by atoms with Crippen LogP contribution in [-0.4, -0.2) is 5.11 Å². The molecule has 0 unspecified atom stereocenters. The third kappa shape index (κ3) is 2.35. The lowest BCUT2D eigenvalue weighted by Crippen LogP contribution is -1.88. The smallest absolute Gasteiger partial charge is 0.153 e. The Kier molecular flexibility index (Phi) is 3.92. The minimum atomic E-state index is 0.00889. The summed E-state index contributed by atoms with van der Waals surface area (Å²) in [4.78, 5) is 10.9. The zero-order valence-electron chi connectivity index (χ0n) is 10.5. The molecule has 1 N–H and O–H groups in total. The maximum atomic E-state index is 10.9. The first kappa shape index (κ1) is 12.6. The van der Waals surface area contributed by atoms with Crippen molar-refractivity contribution >= 4 is 16.5 Å². The second-order valence-electron chi connectivity index (χ2n) is 4.50. The van der Waals surface area contributed by atoms with Crippen molar-refractivity contribution in [3.05, 3.63) is 40.8 Å². The normalized spacial score (nSPS) is 10.7. The maximum Gasteiger partial charge on any atom is 0.153 e. The molecule has 0 saturated carbocycles. The molecule has 0 heterocycles. The van der Waals surface area contributed by atoms with Crippen LogP contribution in [-0.2, 0) is 6.42 Å². The molecule has 0 fully saturated rings. The van der Waals surface area contributed by atoms with E-state index in [0.29, 0.717) is 5.39 Å². The number of fused-ring (bicyclic) bond motifs is 1. The second kappa shape index (κ2) is 5.63. The largest absolute Gasteiger partial charge is 0.505 e. The topological polar surface area (TPSA) is 49.7 Å². The van der Waals surface area contributed by atoms with E-state index in [0.717, 1.165) is 36.6 Å². The molecule has 94 valence electrons. The van der Waals surface area contributed by atoms with Gasteiger partial charge < -0.3 is 5.11 Å². The summed E-state index contributed by atoms with van der Waals surface area (Å²) in [5.74, 6) is 0.00889. The van der Waals surface area contributed by atoms with Crippen molar-refractivity contribution in [1.29, 1.82) is 0 Å². The molecule has 0 aliphatic rings. The summed E-state index contributed by atoms with van der Waals surface area (Å²) in [5, 5.41) is 14.7. The van der Waals surface area contributed by atoms with Gasteiger partial charge in [-0.05, 0) is 35.0 Å². The van der Waals surface area contributed by atoms with Crippen LogP contribution in [0.2, 0.25) is 0 Å². The van der Waals surface area contributed by atoms with Gasteiger partial charge in [-0.15, -0.1) is 4.91 Å². The quantitative estimate of drug-likeness (QED) is 0.612. The summed E-state index contributed by atoms with van der Waals surface area (Å²) in [6, 6.07) is 9.46. The fourth-order valence-electron chi connectivity index (χ4n) is 2.23. The number of hydrogen-bond donors (Lipinski definition) is 1. The first-order valence-electron chi connectivity index (χ1n) is 6.35. The molecule has 0 radical (unpaired) electrons. The highest BCUT2D eigenvalue weighted by molar-refractivity contribution is 5.93. The molecule has 0 spiro atoms. The fraction of sp³-hybridized carbons (Fsp3) is 0.333. The number of aryl methyl sites for hydroxylation is 1. The predicted octanol–water partition coefficient (Wildman–Crippen LogP) is 4.68. The third-order valence-corrected chi connectivity index (χ3v) is 3.22. The molecule has 0 aromatic heterocycles. The lowest BCUT2D eigenvalue weighted by molar-refractivity contribution is 0.482. The van der Waals surface area contributed by atoms with Crippen LogP contribution in [0.3, 0.4) is 0 Å². The Balaban J connectivity index is 2.47. The number of aromatic hydroxyl groups is 1. The fourth-order valence-corrected chi connectivity index (χ4v) is 2.23. The van der Waals surface area contributed by atoms with E-state index in [1.807, 2.05) is 24.3 Å². The highest BCUT2D eigenvalue weighted by Crippen LogP contribution is 2.38. The lowest BCUT2D eigenvalue weighted by atomic mass is 9.99. The van der Waals surface area contributed by atoms with Crippen molar-refractivity contribution in [2.75, 3.05) is 0 Å². The number of benzene rings is 2. The van der Waals surface area contributed by atoms with E-state index in [9.17, 15) is 10.0 Å². The number of phenols is 1. The van der Waals surface area contributed by atoms with Gasteiger partial charge in [0.2, 0.25) is 0 Å². The summed E-state index contributed by atoms with van der Waals surface area (Å²) < 4.78 is 0. The van der Waals surface area contributed by atoms with E-state index >= 15 is 0 Å². The van der Waals surface area contributed by atoms with Crippen molar-refractivity contribution < 1.29 is 5.11 Å². The average molecular weight is 243 g/mol. The molecule has 18 heavy (non-hydrogen) atoms. The van der Waals surface area contributed by atoms with E-state index in [4.69, 9.17) is 0 Å². The van der Waals surface area contributed by atoms with Crippen LogP contribution < -0.4 is 0 Å². The van der Waals surface area contributed by atoms with Crippen LogP contribution in [0.5, 0.6) is 5.75 Å². The number of phenolic OH excluding ortho intramolecular Hbond substituents is 1. The first-order chi connectivity index (χ1) is 8.77. The van der Waals surface area contributed by atoms with Crippen molar-refractivity contribution in [2.45, 2.75) is 32.6 Å². The average Bonchev–Trinajstić information content (AvgIpc) is 2.39. The van der Waals surface area contributed by atoms with Gasteiger partial charge in [0, 0.05) is 5.39 Å². The Morgan fingerprint density at radius 3 is 2.72 bits per heavy atom. The summed E-state index contributed by atoms with van der Waals surface area (Å²) >= 11 is 0. The number of nitrogens with zero attached hydrogens (tertiary/aromatic N) is 1. The molecule has 3 heteroatoms. The molecule has 0 amide bonds. The summed E-state index contributed by atoms with van der Waals surface area (Å²) in [7, 11) is 0. The molecule has 0 aliphatic heterocycles. The molecule has 2 rings (SSSR count). The third-order valence-electron chi connectivity index (χ3n) is 3.22. The van der Waals surface area contributed by atoms with Crippen LogP contribution in [0, 0.1) is 4.91 Å². The first-order valence-corrected chi connectivity index (χ1v) is 6.35. The Labute approximate surface area is 106 Å². The van der Waals surface area contributed by atoms with Crippen molar-refractivity contribution in [3.8, 4) is 5.75 Å². The molecule has 2 aromatic rings. The minimum Gasteiger partial charge on any atom is -0.505 e. The van der Waals surface area contributed by atoms with Crippen LogP contribution in [0.1, 0.15) is 31.7 Å². The standard InChI is InChI=1S/C15H17NO2/c1-2-3-4-8-12-10-11-7-5-6-9-13(11)15(17)14(12)16-18/h5-7,9-10,17H,2-4,8H2,1H3. The van der Waals surface area contributed by atoms with Gasteiger partial charge in [-0.1, -0.05) is 44.0 Å². The van der Waals surface area contributed by atoms with Gasteiger partial charge in [-0.3, -0.25) is 0 Å². The van der Waals surface area contributed by atoms with Crippen LogP contribution in [0.25, 0.3) is 10.8 Å². The van der Waals surface area contributed by atoms with E-state index in [1.54, 1.807) is 6.07 Å². The highest BCUT2D eigenvalue weighted by Gasteiger charge is 2.12. The van der Waals surface area contributed by atoms with Gasteiger partial charge in [0.25, 0.3) is 0 Å². The van der Waals surface area contributed by atoms with Crippen LogP contribution in [0.4, 0.5) is 5.69 Å². The van der Waals surface area contributed by atoms with Gasteiger partial charge in [0.05, 0.1) is 0 Å². The van der Waals surface area contributed by atoms with E-state index in [2.05, 4.69) is 12.1 Å². The lowest BCUT2D eigenvalue weighted by Gasteiger charge is -2.09. The second-order valence-corrected chi connectivity index (χ2v) is 4.50. The number of hydrogen-bond acceptors (Lipinski definition) is 3. The number of unbranched alkanes of at least 4 members (excludes halogenated alkanes) is 2. The van der Waals surface area contributed by atoms with E-state index in [-0.39, 0.29) is 11.4 Å². The Bertz CT molecular complexity index is 564. The molecule has 0 atom stereocenters. The molecular formula is C15H17NO2. The Morgan fingerprint density at radius 1 is 1.22 bits per heavy atom. The van der Waals surface area contributed by atoms with Crippen molar-refractivity contribution in [3.63, 3.8) is 0 Å². The Morgan fingerprint density at radius 2 is 2.00 bits per heavy atom. The van der Waals surface area contributed by atoms with Gasteiger partial charge in [-0.25, -0.2) is 0 Å². The zero-order chi connectivity index (χ0) is 13.0. The molecule has 0 saturated heterocycles. The molecule has 3 nitrogen and oxygen atoms in total. The van der Waals surface area contributed by atoms with Crippen LogP contribution in [0.15, 0.2) is 35.5 Å². The summed E-state index contributed by atoms with van der Waals surface area (Å²) in [6.07, 6.45) is 4.04. The van der Waals surface area contributed by atoms with Gasteiger partial charge >= 0.3 is 0 Å². The van der Waals surface area contributed by atoms with Crippen molar-refractivity contribution in [2.24, 2.45) is 5.18 Å². The monoisotopic (exact) mass is 243 g/mol. The number of rotatable bonds is 5. The summed E-state index contributed by atoms with van der Waals surface area (Å²) in [6.45, 7) is 2.14. The zero-order valence-corrected chi connectivity index (χ0v) is 10.5. The number of nitroso groups, excluding NO2 is 1. The molecule has 0 bridgehead atoms. The molecular weight excluding hydrogens is 226 g/mol. The van der Waals surface area contributed by atoms with Gasteiger partial charge in [0.15, 0.2) is 11.4 Å². The van der Waals surface area contributed by atoms with E-state index < -0.39 is 0 Å². The maximum absolute atomic E-state index is 10.9. The van der Waals surface area contributed by atoms with Crippen molar-refractivity contribution in [1.82, 2.24) is 0 Å². The predicted molar refractivity (Wildman–Crippen MR) is 74.3 cm³/mol. The minimum absolute atomic E-state index is 0.00889. The SMILES string of the molecule is CCCCCc1cc2ccccc2c(O)c1N=O. The highest BCUT2D eigenvalue weighted by atomic mass is 16.3. The Hall–Kier alpha value is -1.90. The van der Waals surface area contributed by atoms with Gasteiger partial charge in [-0.2, -0.15) is 0 Å². The van der Waals surface area contributed by atoms with E-state index in [1.165, 1.54) is 0 Å². The molecule has 0 aliphatic carbocycles.